The monoisotopic (exact) mass is 330 g/mol. The van der Waals surface area contributed by atoms with E-state index in [1.807, 2.05) is 18.2 Å². The fourth-order valence-corrected chi connectivity index (χ4v) is 3.69. The third-order valence-corrected chi connectivity index (χ3v) is 5.42. The molecule has 3 rings (SSSR count). The van der Waals surface area contributed by atoms with Crippen molar-refractivity contribution in [3.05, 3.63) is 35.9 Å². The third-order valence-electron chi connectivity index (χ3n) is 5.42. The van der Waals surface area contributed by atoms with E-state index >= 15 is 0 Å². The van der Waals surface area contributed by atoms with Crippen LogP contribution >= 0.6 is 0 Å². The van der Waals surface area contributed by atoms with Crippen molar-refractivity contribution in [1.29, 1.82) is 0 Å². The van der Waals surface area contributed by atoms with E-state index in [-0.39, 0.29) is 18.0 Å². The van der Waals surface area contributed by atoms with E-state index in [9.17, 15) is 4.79 Å². The summed E-state index contributed by atoms with van der Waals surface area (Å²) in [4.78, 5) is 17.8. The van der Waals surface area contributed by atoms with Crippen LogP contribution in [0.4, 0.5) is 0 Å². The van der Waals surface area contributed by atoms with Gasteiger partial charge in [-0.15, -0.1) is 0 Å². The quantitative estimate of drug-likeness (QED) is 0.868. The minimum absolute atomic E-state index is 0.145. The number of hydrogen-bond donors (Lipinski definition) is 2. The van der Waals surface area contributed by atoms with Gasteiger partial charge in [0.15, 0.2) is 0 Å². The summed E-state index contributed by atoms with van der Waals surface area (Å²) in [7, 11) is 2.14. The Kier molecular flexibility index (Phi) is 5.87. The summed E-state index contributed by atoms with van der Waals surface area (Å²) in [5.41, 5.74) is 1.09. The molecule has 0 aromatic heterocycles. The van der Waals surface area contributed by atoms with Gasteiger partial charge in [-0.2, -0.15) is 0 Å². The molecular weight excluding hydrogens is 300 g/mol. The van der Waals surface area contributed by atoms with Crippen molar-refractivity contribution >= 4 is 5.91 Å². The molecule has 0 radical (unpaired) electrons. The summed E-state index contributed by atoms with van der Waals surface area (Å²) in [5, 5.41) is 6.72. The van der Waals surface area contributed by atoms with Gasteiger partial charge in [-0.05, 0) is 31.5 Å². The molecule has 0 spiro atoms. The van der Waals surface area contributed by atoms with Gasteiger partial charge in [0.1, 0.15) is 6.04 Å². The second-order valence-electron chi connectivity index (χ2n) is 7.24. The first-order valence-electron chi connectivity index (χ1n) is 9.14. The zero-order valence-electron chi connectivity index (χ0n) is 14.9. The van der Waals surface area contributed by atoms with Crippen molar-refractivity contribution in [3.8, 4) is 0 Å². The van der Waals surface area contributed by atoms with Crippen LogP contribution in [0.2, 0.25) is 0 Å². The number of hydrogen-bond acceptors (Lipinski definition) is 4. The smallest absolute Gasteiger partial charge is 0.242 e. The van der Waals surface area contributed by atoms with Gasteiger partial charge in [0.25, 0.3) is 0 Å². The molecular formula is C19H30N4O. The average molecular weight is 330 g/mol. The first kappa shape index (κ1) is 17.4. The second kappa shape index (κ2) is 8.10. The summed E-state index contributed by atoms with van der Waals surface area (Å²) >= 11 is 0. The molecule has 3 unspecified atom stereocenters. The lowest BCUT2D eigenvalue weighted by Crippen LogP contribution is -2.55. The number of amides is 1. The molecule has 2 aliphatic rings. The first-order valence-corrected chi connectivity index (χ1v) is 9.14. The van der Waals surface area contributed by atoms with E-state index in [0.29, 0.717) is 5.92 Å². The molecule has 5 heteroatoms. The van der Waals surface area contributed by atoms with E-state index < -0.39 is 0 Å². The number of likely N-dealkylation sites (N-methyl/N-ethyl adjacent to an activating group) is 1. The highest BCUT2D eigenvalue weighted by molar-refractivity contribution is 5.83. The van der Waals surface area contributed by atoms with E-state index in [0.717, 1.165) is 51.3 Å². The molecule has 0 saturated carbocycles. The minimum atomic E-state index is -0.186. The highest BCUT2D eigenvalue weighted by atomic mass is 16.2. The molecule has 0 bridgehead atoms. The van der Waals surface area contributed by atoms with Crippen LogP contribution in [-0.2, 0) is 4.79 Å². The summed E-state index contributed by atoms with van der Waals surface area (Å²) in [5.74, 6) is 0.672. The van der Waals surface area contributed by atoms with E-state index in [4.69, 9.17) is 0 Å². The van der Waals surface area contributed by atoms with Crippen LogP contribution in [0.3, 0.4) is 0 Å². The molecule has 5 nitrogen and oxygen atoms in total. The number of carbonyl (C=O) groups is 1. The summed E-state index contributed by atoms with van der Waals surface area (Å²) in [6.45, 7) is 8.05. The predicted molar refractivity (Wildman–Crippen MR) is 96.8 cm³/mol. The zero-order valence-corrected chi connectivity index (χ0v) is 14.9. The molecule has 1 aromatic rings. The average Bonchev–Trinajstić information content (AvgIpc) is 2.60. The van der Waals surface area contributed by atoms with Gasteiger partial charge in [-0.3, -0.25) is 9.69 Å². The lowest BCUT2D eigenvalue weighted by molar-refractivity contribution is -0.128. The SMILES string of the molecule is CC1CCNCC1NC(=O)C(c1ccccc1)N1CCN(C)CC1. The molecule has 3 atom stereocenters. The number of nitrogens with zero attached hydrogens (tertiary/aromatic N) is 2. The highest BCUT2D eigenvalue weighted by Crippen LogP contribution is 2.23. The van der Waals surface area contributed by atoms with Gasteiger partial charge in [-0.25, -0.2) is 0 Å². The molecule has 24 heavy (non-hydrogen) atoms. The zero-order chi connectivity index (χ0) is 16.9. The molecule has 1 amide bonds. The van der Waals surface area contributed by atoms with Crippen molar-refractivity contribution in [2.75, 3.05) is 46.3 Å². The van der Waals surface area contributed by atoms with Crippen molar-refractivity contribution < 1.29 is 4.79 Å². The Balaban J connectivity index is 1.75. The molecule has 2 N–H and O–H groups in total. The molecule has 2 heterocycles. The summed E-state index contributed by atoms with van der Waals surface area (Å²) in [6.07, 6.45) is 1.12. The number of nitrogens with one attached hydrogen (secondary N) is 2. The summed E-state index contributed by atoms with van der Waals surface area (Å²) < 4.78 is 0. The Morgan fingerprint density at radius 3 is 2.58 bits per heavy atom. The molecule has 132 valence electrons. The Bertz CT molecular complexity index is 527. The van der Waals surface area contributed by atoms with Gasteiger partial charge in [0.2, 0.25) is 5.91 Å². The maximum atomic E-state index is 13.1. The molecule has 0 aliphatic carbocycles. The van der Waals surface area contributed by atoms with Crippen LogP contribution in [-0.4, -0.2) is 68.1 Å². The van der Waals surface area contributed by atoms with Gasteiger partial charge >= 0.3 is 0 Å². The lowest BCUT2D eigenvalue weighted by Gasteiger charge is -2.39. The Morgan fingerprint density at radius 2 is 1.92 bits per heavy atom. The third kappa shape index (κ3) is 4.15. The van der Waals surface area contributed by atoms with E-state index in [1.54, 1.807) is 0 Å². The molecule has 2 fully saturated rings. The van der Waals surface area contributed by atoms with Crippen LogP contribution in [0.1, 0.15) is 24.9 Å². The van der Waals surface area contributed by atoms with Gasteiger partial charge < -0.3 is 15.5 Å². The van der Waals surface area contributed by atoms with Gasteiger partial charge in [0.05, 0.1) is 0 Å². The van der Waals surface area contributed by atoms with Crippen LogP contribution in [0.15, 0.2) is 30.3 Å². The van der Waals surface area contributed by atoms with Crippen LogP contribution in [0.5, 0.6) is 0 Å². The topological polar surface area (TPSA) is 47.6 Å². The van der Waals surface area contributed by atoms with Crippen LogP contribution in [0.25, 0.3) is 0 Å². The number of carbonyl (C=O) groups excluding carboxylic acids is 1. The Morgan fingerprint density at radius 1 is 1.21 bits per heavy atom. The minimum Gasteiger partial charge on any atom is -0.350 e. The Labute approximate surface area is 145 Å². The van der Waals surface area contributed by atoms with Crippen LogP contribution in [0, 0.1) is 5.92 Å². The fraction of sp³-hybridized carbons (Fsp3) is 0.632. The van der Waals surface area contributed by atoms with Crippen molar-refractivity contribution in [3.63, 3.8) is 0 Å². The fourth-order valence-electron chi connectivity index (χ4n) is 3.69. The van der Waals surface area contributed by atoms with Crippen molar-refractivity contribution in [2.24, 2.45) is 5.92 Å². The Hall–Kier alpha value is -1.43. The number of benzene rings is 1. The molecule has 1 aromatic carbocycles. The van der Waals surface area contributed by atoms with E-state index in [2.05, 4.69) is 46.5 Å². The normalized spacial score (nSPS) is 27.6. The second-order valence-corrected chi connectivity index (χ2v) is 7.24. The van der Waals surface area contributed by atoms with Crippen LogP contribution < -0.4 is 10.6 Å². The van der Waals surface area contributed by atoms with Crippen molar-refractivity contribution in [1.82, 2.24) is 20.4 Å². The number of piperazine rings is 1. The van der Waals surface area contributed by atoms with E-state index in [1.165, 1.54) is 0 Å². The maximum absolute atomic E-state index is 13.1. The summed E-state index contributed by atoms with van der Waals surface area (Å²) in [6, 6.07) is 10.2. The lowest BCUT2D eigenvalue weighted by atomic mass is 9.94. The standard InChI is InChI=1S/C19H30N4O/c1-15-8-9-20-14-17(15)21-19(24)18(16-6-4-3-5-7-16)23-12-10-22(2)11-13-23/h3-7,15,17-18,20H,8-14H2,1-2H3,(H,21,24). The van der Waals surface area contributed by atoms with Crippen molar-refractivity contribution in [2.45, 2.75) is 25.4 Å². The largest absolute Gasteiger partial charge is 0.350 e. The molecule has 2 aliphatic heterocycles. The van der Waals surface area contributed by atoms with Gasteiger partial charge in [0, 0.05) is 38.8 Å². The maximum Gasteiger partial charge on any atom is 0.242 e. The number of piperidine rings is 1. The predicted octanol–water partition coefficient (Wildman–Crippen LogP) is 1.09. The number of rotatable bonds is 4. The highest BCUT2D eigenvalue weighted by Gasteiger charge is 2.32. The molecule has 2 saturated heterocycles. The van der Waals surface area contributed by atoms with Gasteiger partial charge in [-0.1, -0.05) is 37.3 Å². The first-order chi connectivity index (χ1) is 11.6.